The highest BCUT2D eigenvalue weighted by molar-refractivity contribution is 5.94. The van der Waals surface area contributed by atoms with E-state index in [0.29, 0.717) is 23.4 Å². The topological polar surface area (TPSA) is 54.0 Å². The summed E-state index contributed by atoms with van der Waals surface area (Å²) in [5.74, 6) is 1.32. The second kappa shape index (κ2) is 3.56. The molecule has 2 heterocycles. The van der Waals surface area contributed by atoms with E-state index in [1.807, 2.05) is 19.1 Å². The lowest BCUT2D eigenvalue weighted by Gasteiger charge is -2.07. The molecular weight excluding hydrogens is 202 g/mol. The number of rotatable bonds is 2. The number of carbonyl (C=O) groups excluding carboxylic acids is 1. The Morgan fingerprint density at radius 2 is 2.19 bits per heavy atom. The number of nitrogens with zero attached hydrogens (tertiary/aromatic N) is 1. The predicted molar refractivity (Wildman–Crippen MR) is 60.1 cm³/mol. The zero-order chi connectivity index (χ0) is 11.1. The van der Waals surface area contributed by atoms with Crippen molar-refractivity contribution in [3.8, 4) is 0 Å². The van der Waals surface area contributed by atoms with Gasteiger partial charge in [0, 0.05) is 31.0 Å². The van der Waals surface area contributed by atoms with Crippen LogP contribution in [0.2, 0.25) is 0 Å². The predicted octanol–water partition coefficient (Wildman–Crippen LogP) is 0.338. The van der Waals surface area contributed by atoms with Crippen LogP contribution in [0, 0.1) is 18.8 Å². The molecular formula is C12H15N3O. The summed E-state index contributed by atoms with van der Waals surface area (Å²) in [7, 11) is 0. The summed E-state index contributed by atoms with van der Waals surface area (Å²) < 4.78 is 0. The lowest BCUT2D eigenvalue weighted by atomic mass is 10.2. The molecule has 3 rings (SSSR count). The summed E-state index contributed by atoms with van der Waals surface area (Å²) in [6.07, 6.45) is 1.64. The molecule has 0 spiro atoms. The normalized spacial score (nSPS) is 30.9. The Hall–Kier alpha value is -1.42. The highest BCUT2D eigenvalue weighted by Crippen LogP contribution is 2.41. The fourth-order valence-electron chi connectivity index (χ4n) is 2.47. The Kier molecular flexibility index (Phi) is 2.17. The van der Waals surface area contributed by atoms with Crippen molar-refractivity contribution in [3.05, 3.63) is 29.6 Å². The van der Waals surface area contributed by atoms with E-state index in [-0.39, 0.29) is 5.91 Å². The highest BCUT2D eigenvalue weighted by atomic mass is 16.1. The average molecular weight is 217 g/mol. The molecule has 2 aliphatic rings. The third-order valence-corrected chi connectivity index (χ3v) is 3.56. The Morgan fingerprint density at radius 1 is 1.44 bits per heavy atom. The first-order valence-corrected chi connectivity index (χ1v) is 5.70. The maximum atomic E-state index is 11.9. The molecule has 1 aromatic heterocycles. The van der Waals surface area contributed by atoms with Crippen LogP contribution in [-0.2, 0) is 0 Å². The van der Waals surface area contributed by atoms with Crippen molar-refractivity contribution < 1.29 is 4.79 Å². The number of hydrogen-bond donors (Lipinski definition) is 2. The van der Waals surface area contributed by atoms with E-state index in [4.69, 9.17) is 0 Å². The van der Waals surface area contributed by atoms with Crippen molar-refractivity contribution in [2.75, 3.05) is 13.1 Å². The molecule has 2 atom stereocenters. The first-order valence-electron chi connectivity index (χ1n) is 5.70. The fourth-order valence-corrected chi connectivity index (χ4v) is 2.47. The molecule has 2 unspecified atom stereocenters. The molecule has 1 aliphatic heterocycles. The Labute approximate surface area is 94.5 Å². The quantitative estimate of drug-likeness (QED) is 0.751. The minimum atomic E-state index is 0.00639. The minimum Gasteiger partial charge on any atom is -0.349 e. The molecule has 2 N–H and O–H groups in total. The van der Waals surface area contributed by atoms with Gasteiger partial charge < -0.3 is 10.6 Å². The molecule has 1 saturated heterocycles. The second-order valence-corrected chi connectivity index (χ2v) is 4.67. The second-order valence-electron chi connectivity index (χ2n) is 4.67. The summed E-state index contributed by atoms with van der Waals surface area (Å²) in [5.41, 5.74) is 1.59. The minimum absolute atomic E-state index is 0.00639. The Bertz CT molecular complexity index is 405. The molecule has 16 heavy (non-hydrogen) atoms. The van der Waals surface area contributed by atoms with Gasteiger partial charge in [-0.15, -0.1) is 0 Å². The van der Waals surface area contributed by atoms with E-state index in [2.05, 4.69) is 15.6 Å². The summed E-state index contributed by atoms with van der Waals surface area (Å²) in [6.45, 7) is 4.00. The molecule has 0 aromatic carbocycles. The van der Waals surface area contributed by atoms with Crippen molar-refractivity contribution in [3.63, 3.8) is 0 Å². The molecule has 4 nitrogen and oxygen atoms in total. The van der Waals surface area contributed by atoms with Gasteiger partial charge in [0.05, 0.1) is 5.56 Å². The van der Waals surface area contributed by atoms with Crippen LogP contribution in [0.15, 0.2) is 18.3 Å². The van der Waals surface area contributed by atoms with Crippen molar-refractivity contribution in [1.29, 1.82) is 0 Å². The van der Waals surface area contributed by atoms with Crippen LogP contribution < -0.4 is 10.6 Å². The number of nitrogens with one attached hydrogen (secondary N) is 2. The number of carbonyl (C=O) groups is 1. The van der Waals surface area contributed by atoms with Gasteiger partial charge >= 0.3 is 0 Å². The van der Waals surface area contributed by atoms with Crippen LogP contribution in [0.4, 0.5) is 0 Å². The van der Waals surface area contributed by atoms with Gasteiger partial charge in [-0.1, -0.05) is 0 Å². The lowest BCUT2D eigenvalue weighted by molar-refractivity contribution is 0.0946. The van der Waals surface area contributed by atoms with E-state index in [1.54, 1.807) is 6.20 Å². The zero-order valence-corrected chi connectivity index (χ0v) is 9.23. The van der Waals surface area contributed by atoms with Gasteiger partial charge in [0.15, 0.2) is 0 Å². The van der Waals surface area contributed by atoms with Gasteiger partial charge in [-0.3, -0.25) is 9.78 Å². The third-order valence-electron chi connectivity index (χ3n) is 3.56. The van der Waals surface area contributed by atoms with Crippen molar-refractivity contribution in [2.24, 2.45) is 11.8 Å². The maximum absolute atomic E-state index is 11.9. The van der Waals surface area contributed by atoms with Gasteiger partial charge in [0.1, 0.15) is 0 Å². The van der Waals surface area contributed by atoms with E-state index >= 15 is 0 Å². The number of hydrogen-bond acceptors (Lipinski definition) is 3. The van der Waals surface area contributed by atoms with Crippen LogP contribution >= 0.6 is 0 Å². The highest BCUT2D eigenvalue weighted by Gasteiger charge is 2.53. The maximum Gasteiger partial charge on any atom is 0.253 e. The van der Waals surface area contributed by atoms with Gasteiger partial charge in [-0.25, -0.2) is 0 Å². The largest absolute Gasteiger partial charge is 0.349 e. The van der Waals surface area contributed by atoms with Gasteiger partial charge in [0.25, 0.3) is 5.91 Å². The molecule has 0 bridgehead atoms. The third kappa shape index (κ3) is 1.59. The van der Waals surface area contributed by atoms with Crippen molar-refractivity contribution in [1.82, 2.24) is 15.6 Å². The Balaban J connectivity index is 1.63. The standard InChI is InChI=1S/C12H15N3O/c1-7-2-3-8(4-14-7)12(16)15-11-9-5-13-6-10(9)11/h2-4,9-11,13H,5-6H2,1H3,(H,15,16). The molecule has 1 aromatic rings. The van der Waals surface area contributed by atoms with Crippen LogP contribution in [0.25, 0.3) is 0 Å². The summed E-state index contributed by atoms with van der Waals surface area (Å²) in [5, 5.41) is 6.38. The van der Waals surface area contributed by atoms with Crippen molar-refractivity contribution >= 4 is 5.91 Å². The zero-order valence-electron chi connectivity index (χ0n) is 9.23. The lowest BCUT2D eigenvalue weighted by Crippen LogP contribution is -2.32. The monoisotopic (exact) mass is 217 g/mol. The first-order chi connectivity index (χ1) is 7.75. The number of piperidine rings is 1. The summed E-state index contributed by atoms with van der Waals surface area (Å²) in [6, 6.07) is 4.08. The van der Waals surface area contributed by atoms with E-state index in [9.17, 15) is 4.79 Å². The molecule has 1 saturated carbocycles. The number of amides is 1. The number of pyridine rings is 1. The molecule has 84 valence electrons. The van der Waals surface area contributed by atoms with Crippen LogP contribution in [-0.4, -0.2) is 30.0 Å². The first kappa shape index (κ1) is 9.78. The summed E-state index contributed by atoms with van der Waals surface area (Å²) in [4.78, 5) is 16.0. The number of aryl methyl sites for hydroxylation is 1. The molecule has 2 fully saturated rings. The van der Waals surface area contributed by atoms with Crippen LogP contribution in [0.5, 0.6) is 0 Å². The van der Waals surface area contributed by atoms with Gasteiger partial charge in [-0.2, -0.15) is 0 Å². The van der Waals surface area contributed by atoms with E-state index in [0.717, 1.165) is 18.8 Å². The fraction of sp³-hybridized carbons (Fsp3) is 0.500. The number of aromatic nitrogens is 1. The van der Waals surface area contributed by atoms with E-state index in [1.165, 1.54) is 0 Å². The molecule has 1 amide bonds. The SMILES string of the molecule is Cc1ccc(C(=O)NC2C3CNCC32)cn1. The molecule has 1 aliphatic carbocycles. The van der Waals surface area contributed by atoms with Crippen LogP contribution in [0.1, 0.15) is 16.1 Å². The van der Waals surface area contributed by atoms with Crippen molar-refractivity contribution in [2.45, 2.75) is 13.0 Å². The molecule has 0 radical (unpaired) electrons. The Morgan fingerprint density at radius 3 is 2.81 bits per heavy atom. The van der Waals surface area contributed by atoms with Crippen LogP contribution in [0.3, 0.4) is 0 Å². The van der Waals surface area contributed by atoms with E-state index < -0.39 is 0 Å². The molecule has 4 heteroatoms. The smallest absolute Gasteiger partial charge is 0.253 e. The number of fused-ring (bicyclic) bond motifs is 1. The van der Waals surface area contributed by atoms with Gasteiger partial charge in [0.2, 0.25) is 0 Å². The van der Waals surface area contributed by atoms with Gasteiger partial charge in [-0.05, 0) is 30.9 Å². The summed E-state index contributed by atoms with van der Waals surface area (Å²) >= 11 is 0. The average Bonchev–Trinajstić information content (AvgIpc) is 2.75.